The molecule has 0 bridgehead atoms. The van der Waals surface area contributed by atoms with Crippen LogP contribution in [0.2, 0.25) is 0 Å². The molecular formula is C17H23NO. The molecule has 102 valence electrons. The highest BCUT2D eigenvalue weighted by molar-refractivity contribution is 5.38. The SMILES string of the molecule is CCc1ccc(C(N)c2ccoc2CC)cc1CC. The molecule has 0 saturated heterocycles. The number of hydrogen-bond acceptors (Lipinski definition) is 2. The smallest absolute Gasteiger partial charge is 0.108 e. The van der Waals surface area contributed by atoms with E-state index in [1.165, 1.54) is 16.7 Å². The molecule has 0 saturated carbocycles. The number of furan rings is 1. The van der Waals surface area contributed by atoms with Gasteiger partial charge in [0, 0.05) is 12.0 Å². The first-order chi connectivity index (χ1) is 9.21. The van der Waals surface area contributed by atoms with E-state index in [-0.39, 0.29) is 6.04 Å². The van der Waals surface area contributed by atoms with Gasteiger partial charge in [0.15, 0.2) is 0 Å². The minimum absolute atomic E-state index is 0.0927. The Balaban J connectivity index is 2.36. The summed E-state index contributed by atoms with van der Waals surface area (Å²) < 4.78 is 5.48. The lowest BCUT2D eigenvalue weighted by Gasteiger charge is -2.15. The Kier molecular flexibility index (Phi) is 4.43. The minimum atomic E-state index is -0.0927. The molecule has 0 amide bonds. The van der Waals surface area contributed by atoms with Crippen molar-refractivity contribution < 1.29 is 4.42 Å². The highest BCUT2D eigenvalue weighted by atomic mass is 16.3. The molecule has 19 heavy (non-hydrogen) atoms. The van der Waals surface area contributed by atoms with Gasteiger partial charge in [0.05, 0.1) is 12.3 Å². The van der Waals surface area contributed by atoms with Crippen molar-refractivity contribution in [2.75, 3.05) is 0 Å². The van der Waals surface area contributed by atoms with Crippen LogP contribution < -0.4 is 5.73 Å². The molecular weight excluding hydrogens is 234 g/mol. The van der Waals surface area contributed by atoms with Crippen molar-refractivity contribution >= 4 is 0 Å². The summed E-state index contributed by atoms with van der Waals surface area (Å²) in [7, 11) is 0. The molecule has 2 aromatic rings. The van der Waals surface area contributed by atoms with Crippen LogP contribution in [0.5, 0.6) is 0 Å². The van der Waals surface area contributed by atoms with Crippen LogP contribution in [0.25, 0.3) is 0 Å². The molecule has 1 atom stereocenters. The van der Waals surface area contributed by atoms with Crippen LogP contribution in [-0.4, -0.2) is 0 Å². The fraction of sp³-hybridized carbons (Fsp3) is 0.412. The predicted molar refractivity (Wildman–Crippen MR) is 79.3 cm³/mol. The summed E-state index contributed by atoms with van der Waals surface area (Å²) in [5.41, 5.74) is 11.5. The second-order valence-corrected chi connectivity index (χ2v) is 4.87. The monoisotopic (exact) mass is 257 g/mol. The zero-order valence-corrected chi connectivity index (χ0v) is 12.1. The highest BCUT2D eigenvalue weighted by Gasteiger charge is 2.15. The van der Waals surface area contributed by atoms with Crippen molar-refractivity contribution in [1.29, 1.82) is 0 Å². The van der Waals surface area contributed by atoms with E-state index in [4.69, 9.17) is 10.2 Å². The van der Waals surface area contributed by atoms with Gasteiger partial charge in [-0.1, -0.05) is 39.0 Å². The molecule has 0 spiro atoms. The summed E-state index contributed by atoms with van der Waals surface area (Å²) in [5.74, 6) is 0.991. The Morgan fingerprint density at radius 2 is 1.74 bits per heavy atom. The molecule has 0 aliphatic heterocycles. The van der Waals surface area contributed by atoms with Crippen LogP contribution in [0.15, 0.2) is 34.9 Å². The first kappa shape index (κ1) is 13.9. The van der Waals surface area contributed by atoms with Gasteiger partial charge in [-0.25, -0.2) is 0 Å². The largest absolute Gasteiger partial charge is 0.469 e. The molecule has 0 aliphatic rings. The third-order valence-electron chi connectivity index (χ3n) is 3.79. The average Bonchev–Trinajstić information content (AvgIpc) is 2.94. The number of rotatable bonds is 5. The van der Waals surface area contributed by atoms with Crippen LogP contribution in [0.4, 0.5) is 0 Å². The van der Waals surface area contributed by atoms with Crippen LogP contribution in [-0.2, 0) is 19.3 Å². The van der Waals surface area contributed by atoms with Crippen LogP contribution in [0.3, 0.4) is 0 Å². The maximum absolute atomic E-state index is 6.39. The van der Waals surface area contributed by atoms with Gasteiger partial charge in [-0.3, -0.25) is 0 Å². The van der Waals surface area contributed by atoms with E-state index in [1.54, 1.807) is 6.26 Å². The third kappa shape index (κ3) is 2.74. The van der Waals surface area contributed by atoms with E-state index in [0.717, 1.165) is 30.6 Å². The average molecular weight is 257 g/mol. The van der Waals surface area contributed by atoms with Gasteiger partial charge in [-0.2, -0.15) is 0 Å². The van der Waals surface area contributed by atoms with Gasteiger partial charge >= 0.3 is 0 Å². The zero-order chi connectivity index (χ0) is 13.8. The normalized spacial score (nSPS) is 12.6. The van der Waals surface area contributed by atoms with Crippen molar-refractivity contribution in [2.45, 2.75) is 46.1 Å². The van der Waals surface area contributed by atoms with Gasteiger partial charge in [-0.15, -0.1) is 0 Å². The minimum Gasteiger partial charge on any atom is -0.469 e. The van der Waals surface area contributed by atoms with Gasteiger partial charge in [0.2, 0.25) is 0 Å². The van der Waals surface area contributed by atoms with E-state index >= 15 is 0 Å². The van der Waals surface area contributed by atoms with E-state index in [0.29, 0.717) is 0 Å². The zero-order valence-electron chi connectivity index (χ0n) is 12.1. The van der Waals surface area contributed by atoms with Crippen LogP contribution in [0.1, 0.15) is 54.8 Å². The van der Waals surface area contributed by atoms with Crippen molar-refractivity contribution in [1.82, 2.24) is 0 Å². The first-order valence-electron chi connectivity index (χ1n) is 7.14. The number of benzene rings is 1. The Morgan fingerprint density at radius 3 is 2.37 bits per heavy atom. The summed E-state index contributed by atoms with van der Waals surface area (Å²) in [6, 6.07) is 8.50. The molecule has 1 heterocycles. The van der Waals surface area contributed by atoms with E-state index in [2.05, 4.69) is 39.0 Å². The third-order valence-corrected chi connectivity index (χ3v) is 3.79. The van der Waals surface area contributed by atoms with E-state index < -0.39 is 0 Å². The first-order valence-corrected chi connectivity index (χ1v) is 7.14. The second kappa shape index (κ2) is 6.07. The lowest BCUT2D eigenvalue weighted by Crippen LogP contribution is -2.13. The van der Waals surface area contributed by atoms with Crippen LogP contribution >= 0.6 is 0 Å². The van der Waals surface area contributed by atoms with Gasteiger partial charge in [0.25, 0.3) is 0 Å². The van der Waals surface area contributed by atoms with Crippen LogP contribution in [0, 0.1) is 0 Å². The second-order valence-electron chi connectivity index (χ2n) is 4.87. The maximum atomic E-state index is 6.39. The Labute approximate surface area is 115 Å². The molecule has 0 fully saturated rings. The van der Waals surface area contributed by atoms with Crippen molar-refractivity contribution in [3.63, 3.8) is 0 Å². The van der Waals surface area contributed by atoms with Crippen molar-refractivity contribution in [2.24, 2.45) is 5.73 Å². The van der Waals surface area contributed by atoms with Gasteiger partial charge in [-0.05, 0) is 35.6 Å². The van der Waals surface area contributed by atoms with Gasteiger partial charge in [0.1, 0.15) is 5.76 Å². The Bertz CT molecular complexity index is 542. The number of hydrogen-bond donors (Lipinski definition) is 1. The highest BCUT2D eigenvalue weighted by Crippen LogP contribution is 2.26. The molecule has 2 N–H and O–H groups in total. The summed E-state index contributed by atoms with van der Waals surface area (Å²) in [5, 5.41) is 0. The molecule has 2 heteroatoms. The van der Waals surface area contributed by atoms with E-state index in [9.17, 15) is 0 Å². The quantitative estimate of drug-likeness (QED) is 0.878. The fourth-order valence-electron chi connectivity index (χ4n) is 2.61. The van der Waals surface area contributed by atoms with Crippen molar-refractivity contribution in [3.8, 4) is 0 Å². The summed E-state index contributed by atoms with van der Waals surface area (Å²) in [6.45, 7) is 6.48. The molecule has 1 aromatic heterocycles. The summed E-state index contributed by atoms with van der Waals surface area (Å²) in [4.78, 5) is 0. The standard InChI is InChI=1S/C17H23NO/c1-4-12-7-8-14(11-13(12)5-2)17(18)15-9-10-19-16(15)6-3/h7-11,17H,4-6,18H2,1-3H3. The topological polar surface area (TPSA) is 39.2 Å². The molecule has 0 aliphatic carbocycles. The molecule has 2 nitrogen and oxygen atoms in total. The predicted octanol–water partition coefficient (Wildman–Crippen LogP) is 4.01. The molecule has 0 radical (unpaired) electrons. The van der Waals surface area contributed by atoms with Gasteiger partial charge < -0.3 is 10.2 Å². The Hall–Kier alpha value is -1.54. The molecule has 2 rings (SSSR count). The Morgan fingerprint density at radius 1 is 1.00 bits per heavy atom. The number of aryl methyl sites for hydroxylation is 3. The fourth-order valence-corrected chi connectivity index (χ4v) is 2.61. The lowest BCUT2D eigenvalue weighted by atomic mass is 9.93. The molecule has 1 aromatic carbocycles. The maximum Gasteiger partial charge on any atom is 0.108 e. The van der Waals surface area contributed by atoms with Crippen molar-refractivity contribution in [3.05, 3.63) is 58.5 Å². The summed E-state index contributed by atoms with van der Waals surface area (Å²) >= 11 is 0. The van der Waals surface area contributed by atoms with E-state index in [1.807, 2.05) is 6.07 Å². The number of nitrogens with two attached hydrogens (primary N) is 1. The summed E-state index contributed by atoms with van der Waals surface area (Å²) in [6.07, 6.45) is 4.74. The molecule has 1 unspecified atom stereocenters. The lowest BCUT2D eigenvalue weighted by molar-refractivity contribution is 0.509.